The van der Waals surface area contributed by atoms with E-state index in [0.29, 0.717) is 6.54 Å². The normalized spacial score (nSPS) is 17.9. The fraction of sp³-hybridized carbons (Fsp3) is 0.438. The van der Waals surface area contributed by atoms with Crippen LogP contribution in [0.3, 0.4) is 0 Å². The van der Waals surface area contributed by atoms with E-state index in [0.717, 1.165) is 30.8 Å². The van der Waals surface area contributed by atoms with E-state index in [2.05, 4.69) is 0 Å². The lowest BCUT2D eigenvalue weighted by Gasteiger charge is -2.34. The molecule has 0 aromatic carbocycles. The highest BCUT2D eigenvalue weighted by Crippen LogP contribution is 2.32. The Balaban J connectivity index is 1.52. The fourth-order valence-electron chi connectivity index (χ4n) is 2.89. The van der Waals surface area contributed by atoms with Crippen LogP contribution in [0.5, 0.6) is 0 Å². The van der Waals surface area contributed by atoms with Gasteiger partial charge in [0.1, 0.15) is 6.54 Å². The molecule has 3 rings (SSSR count). The van der Waals surface area contributed by atoms with Crippen LogP contribution in [0, 0.1) is 5.92 Å². The summed E-state index contributed by atoms with van der Waals surface area (Å²) >= 11 is 1.60. The molecular weight excluding hydrogens is 284 g/mol. The van der Waals surface area contributed by atoms with E-state index in [9.17, 15) is 9.90 Å². The van der Waals surface area contributed by atoms with Crippen LogP contribution >= 0.6 is 11.3 Å². The van der Waals surface area contributed by atoms with Crippen LogP contribution < -0.4 is 0 Å². The van der Waals surface area contributed by atoms with Crippen LogP contribution in [0.15, 0.2) is 42.0 Å². The third-order valence-electron chi connectivity index (χ3n) is 4.16. The molecule has 0 saturated carbocycles. The Bertz CT molecular complexity index is 557. The van der Waals surface area contributed by atoms with Crippen molar-refractivity contribution >= 4 is 17.2 Å². The summed E-state index contributed by atoms with van der Waals surface area (Å²) in [5.74, 6) is 0.426. The highest BCUT2D eigenvalue weighted by molar-refractivity contribution is 7.10. The van der Waals surface area contributed by atoms with Crippen LogP contribution in [0.1, 0.15) is 23.8 Å². The van der Waals surface area contributed by atoms with Gasteiger partial charge in [-0.1, -0.05) is 6.07 Å². The Morgan fingerprint density at radius 3 is 2.62 bits per heavy atom. The third kappa shape index (κ3) is 3.36. The highest BCUT2D eigenvalue weighted by atomic mass is 32.1. The van der Waals surface area contributed by atoms with Gasteiger partial charge in [-0.05, 0) is 42.3 Å². The lowest BCUT2D eigenvalue weighted by atomic mass is 9.90. The van der Waals surface area contributed by atoms with Crippen LogP contribution in [-0.2, 0) is 11.3 Å². The zero-order chi connectivity index (χ0) is 14.7. The number of aliphatic hydroxyl groups is 1. The first-order chi connectivity index (χ1) is 10.2. The van der Waals surface area contributed by atoms with Gasteiger partial charge in [0.2, 0.25) is 5.91 Å². The van der Waals surface area contributed by atoms with Crippen molar-refractivity contribution in [2.24, 2.45) is 5.92 Å². The molecule has 2 aromatic heterocycles. The quantitative estimate of drug-likeness (QED) is 0.943. The number of carbonyl (C=O) groups is 1. The maximum Gasteiger partial charge on any atom is 0.242 e. The molecule has 1 N–H and O–H groups in total. The minimum atomic E-state index is -0.383. The molecule has 21 heavy (non-hydrogen) atoms. The maximum absolute atomic E-state index is 12.2. The summed E-state index contributed by atoms with van der Waals surface area (Å²) in [4.78, 5) is 15.2. The number of amides is 1. The van der Waals surface area contributed by atoms with Crippen molar-refractivity contribution in [3.63, 3.8) is 0 Å². The molecule has 1 saturated heterocycles. The topological polar surface area (TPSA) is 45.5 Å². The van der Waals surface area contributed by atoms with E-state index < -0.39 is 0 Å². The van der Waals surface area contributed by atoms with Crippen molar-refractivity contribution in [1.29, 1.82) is 0 Å². The molecular formula is C16H20N2O2S. The summed E-state index contributed by atoms with van der Waals surface area (Å²) < 4.78 is 1.90. The van der Waals surface area contributed by atoms with Crippen molar-refractivity contribution in [3.05, 3.63) is 46.9 Å². The maximum atomic E-state index is 12.2. The van der Waals surface area contributed by atoms with E-state index in [1.165, 1.54) is 0 Å². The molecule has 1 amide bonds. The molecule has 1 fully saturated rings. The van der Waals surface area contributed by atoms with E-state index >= 15 is 0 Å². The lowest BCUT2D eigenvalue weighted by molar-refractivity contribution is -0.133. The first-order valence-corrected chi connectivity index (χ1v) is 8.22. The number of carbonyl (C=O) groups excluding carboxylic acids is 1. The molecule has 1 aliphatic heterocycles. The minimum absolute atomic E-state index is 0.162. The number of aliphatic hydroxyl groups excluding tert-OH is 1. The largest absolute Gasteiger partial charge is 0.387 e. The van der Waals surface area contributed by atoms with Gasteiger partial charge in [-0.15, -0.1) is 11.3 Å². The van der Waals surface area contributed by atoms with Crippen molar-refractivity contribution in [1.82, 2.24) is 9.47 Å². The van der Waals surface area contributed by atoms with Crippen LogP contribution in [0.2, 0.25) is 0 Å². The SMILES string of the molecule is O=C(Cn1cccc1)N1CCC(C(O)c2cccs2)CC1. The second kappa shape index (κ2) is 6.45. The van der Waals surface area contributed by atoms with Gasteiger partial charge in [0.25, 0.3) is 0 Å². The Kier molecular flexibility index (Phi) is 4.41. The zero-order valence-corrected chi connectivity index (χ0v) is 12.7. The molecule has 1 atom stereocenters. The summed E-state index contributed by atoms with van der Waals surface area (Å²) in [5, 5.41) is 12.4. The van der Waals surface area contributed by atoms with Gasteiger partial charge in [-0.25, -0.2) is 0 Å². The number of piperidine rings is 1. The summed E-state index contributed by atoms with van der Waals surface area (Å²) in [6.07, 6.45) is 5.18. The number of thiophene rings is 1. The molecule has 0 bridgehead atoms. The number of likely N-dealkylation sites (tertiary alicyclic amines) is 1. The van der Waals surface area contributed by atoms with Gasteiger partial charge in [-0.3, -0.25) is 4.79 Å². The molecule has 0 aliphatic carbocycles. The van der Waals surface area contributed by atoms with Gasteiger partial charge in [-0.2, -0.15) is 0 Å². The molecule has 1 aliphatic rings. The zero-order valence-electron chi connectivity index (χ0n) is 11.9. The number of hydrogen-bond donors (Lipinski definition) is 1. The first kappa shape index (κ1) is 14.4. The molecule has 1 unspecified atom stereocenters. The number of rotatable bonds is 4. The van der Waals surface area contributed by atoms with Gasteiger partial charge < -0.3 is 14.6 Å². The predicted molar refractivity (Wildman–Crippen MR) is 83.0 cm³/mol. The van der Waals surface area contributed by atoms with Gasteiger partial charge >= 0.3 is 0 Å². The number of aromatic nitrogens is 1. The molecule has 0 spiro atoms. The molecule has 5 heteroatoms. The highest BCUT2D eigenvalue weighted by Gasteiger charge is 2.28. The smallest absolute Gasteiger partial charge is 0.242 e. The van der Waals surface area contributed by atoms with Crippen LogP contribution in [-0.4, -0.2) is 33.6 Å². The summed E-state index contributed by atoms with van der Waals surface area (Å²) in [5.41, 5.74) is 0. The molecule has 3 heterocycles. The summed E-state index contributed by atoms with van der Waals surface area (Å²) in [7, 11) is 0. The lowest BCUT2D eigenvalue weighted by Crippen LogP contribution is -2.41. The Morgan fingerprint density at radius 1 is 1.29 bits per heavy atom. The fourth-order valence-corrected chi connectivity index (χ4v) is 3.69. The van der Waals surface area contributed by atoms with Gasteiger partial charge in [0.15, 0.2) is 0 Å². The van der Waals surface area contributed by atoms with Crippen LogP contribution in [0.25, 0.3) is 0 Å². The predicted octanol–water partition coefficient (Wildman–Crippen LogP) is 2.52. The van der Waals surface area contributed by atoms with Crippen molar-refractivity contribution in [2.45, 2.75) is 25.5 Å². The number of hydrogen-bond acceptors (Lipinski definition) is 3. The van der Waals surface area contributed by atoms with Crippen molar-refractivity contribution in [2.75, 3.05) is 13.1 Å². The second-order valence-electron chi connectivity index (χ2n) is 5.53. The monoisotopic (exact) mass is 304 g/mol. The van der Waals surface area contributed by atoms with E-state index in [1.807, 2.05) is 51.5 Å². The van der Waals surface area contributed by atoms with Crippen molar-refractivity contribution in [3.8, 4) is 0 Å². The van der Waals surface area contributed by atoms with E-state index in [-0.39, 0.29) is 17.9 Å². The van der Waals surface area contributed by atoms with E-state index in [4.69, 9.17) is 0 Å². The Labute approximate surface area is 128 Å². The second-order valence-corrected chi connectivity index (χ2v) is 6.51. The minimum Gasteiger partial charge on any atom is -0.387 e. The Hall–Kier alpha value is -1.59. The standard InChI is InChI=1S/C16H20N2O2S/c19-15(12-17-7-1-2-8-17)18-9-5-13(6-10-18)16(20)14-4-3-11-21-14/h1-4,7-8,11,13,16,20H,5-6,9-10,12H2. The van der Waals surface area contributed by atoms with Crippen LogP contribution in [0.4, 0.5) is 0 Å². The Morgan fingerprint density at radius 2 is 2.00 bits per heavy atom. The molecule has 4 nitrogen and oxygen atoms in total. The average molecular weight is 304 g/mol. The molecule has 112 valence electrons. The number of nitrogens with zero attached hydrogens (tertiary/aromatic N) is 2. The molecule has 0 radical (unpaired) electrons. The molecule has 2 aromatic rings. The summed E-state index contributed by atoms with van der Waals surface area (Å²) in [6.45, 7) is 1.89. The van der Waals surface area contributed by atoms with Crippen molar-refractivity contribution < 1.29 is 9.90 Å². The first-order valence-electron chi connectivity index (χ1n) is 7.34. The summed E-state index contributed by atoms with van der Waals surface area (Å²) in [6, 6.07) is 7.81. The average Bonchev–Trinajstić information content (AvgIpc) is 3.20. The third-order valence-corrected chi connectivity index (χ3v) is 5.10. The van der Waals surface area contributed by atoms with Gasteiger partial charge in [0.05, 0.1) is 6.10 Å². The van der Waals surface area contributed by atoms with E-state index in [1.54, 1.807) is 11.3 Å². The van der Waals surface area contributed by atoms with Gasteiger partial charge in [0, 0.05) is 30.4 Å².